The molecule has 0 atom stereocenters. The molecule has 1 aromatic rings. The molecule has 0 amide bonds. The van der Waals surface area contributed by atoms with Gasteiger partial charge in [0.2, 0.25) is 0 Å². The smallest absolute Gasteiger partial charge is 0.351 e. The van der Waals surface area contributed by atoms with Gasteiger partial charge in [0.15, 0.2) is 5.57 Å². The number of methoxy groups -OCH3 is 2. The van der Waals surface area contributed by atoms with Gasteiger partial charge in [0.1, 0.15) is 17.2 Å². The Kier molecular flexibility index (Phi) is 5.28. The maximum absolute atomic E-state index is 12.2. The highest BCUT2D eigenvalue weighted by Gasteiger charge is 2.41. The lowest BCUT2D eigenvalue weighted by atomic mass is 10.2. The van der Waals surface area contributed by atoms with Gasteiger partial charge >= 0.3 is 11.9 Å². The van der Waals surface area contributed by atoms with Crippen molar-refractivity contribution in [2.24, 2.45) is 0 Å². The quantitative estimate of drug-likeness (QED) is 0.491. The third-order valence-corrected chi connectivity index (χ3v) is 3.90. The Labute approximate surface area is 144 Å². The summed E-state index contributed by atoms with van der Waals surface area (Å²) in [4.78, 5) is 24.4. The molecule has 8 heteroatoms. The van der Waals surface area contributed by atoms with Crippen molar-refractivity contribution in [1.82, 2.24) is 0 Å². The van der Waals surface area contributed by atoms with E-state index in [-0.39, 0.29) is 10.6 Å². The molecule has 0 spiro atoms. The molecule has 1 saturated heterocycles. The fourth-order valence-corrected chi connectivity index (χ4v) is 2.72. The van der Waals surface area contributed by atoms with Crippen LogP contribution in [0.2, 0.25) is 0 Å². The van der Waals surface area contributed by atoms with Gasteiger partial charge < -0.3 is 24.3 Å². The Hall–Kier alpha value is -2.35. The van der Waals surface area contributed by atoms with Crippen LogP contribution in [0.5, 0.6) is 11.5 Å². The summed E-state index contributed by atoms with van der Waals surface area (Å²) in [6.45, 7) is 2.99. The van der Waals surface area contributed by atoms with Crippen molar-refractivity contribution in [1.29, 1.82) is 0 Å². The first-order chi connectivity index (χ1) is 11.3. The van der Waals surface area contributed by atoms with Gasteiger partial charge in [-0.1, -0.05) is 6.07 Å². The molecule has 24 heavy (non-hydrogen) atoms. The normalized spacial score (nSPS) is 16.1. The molecule has 2 rings (SSSR count). The van der Waals surface area contributed by atoms with Crippen LogP contribution >= 0.6 is 11.8 Å². The number of carbonyl (C=O) groups excluding carboxylic acids is 2. The molecule has 1 aromatic carbocycles. The number of nitrogens with one attached hydrogen (secondary N) is 1. The molecule has 0 aliphatic carbocycles. The molecule has 1 N–H and O–H groups in total. The Morgan fingerprint density at radius 3 is 2.00 bits per heavy atom. The average molecular weight is 353 g/mol. The van der Waals surface area contributed by atoms with Gasteiger partial charge in [-0.05, 0) is 18.4 Å². The Balaban J connectivity index is 2.47. The van der Waals surface area contributed by atoms with Crippen LogP contribution in [-0.4, -0.2) is 38.2 Å². The summed E-state index contributed by atoms with van der Waals surface area (Å²) < 4.78 is 20.9. The van der Waals surface area contributed by atoms with Crippen molar-refractivity contribution in [3.05, 3.63) is 28.8 Å². The van der Waals surface area contributed by atoms with Gasteiger partial charge in [-0.2, -0.15) is 0 Å². The minimum Gasteiger partial charge on any atom is -0.494 e. The third-order valence-electron chi connectivity index (χ3n) is 3.18. The van der Waals surface area contributed by atoms with E-state index in [1.165, 1.54) is 39.8 Å². The van der Waals surface area contributed by atoms with Crippen LogP contribution in [-0.2, 0) is 19.1 Å². The standard InChI is InChI=1S/C16H19NO6S/c1-16(2)22-14(18)11(15(19)23-16)13(24-5)17-12-9(20-3)7-6-8-10(12)21-4/h6-8,17H,1-5H3. The minimum atomic E-state index is -1.29. The van der Waals surface area contributed by atoms with Crippen LogP contribution in [0.15, 0.2) is 28.8 Å². The maximum Gasteiger partial charge on any atom is 0.351 e. The van der Waals surface area contributed by atoms with Gasteiger partial charge in [-0.15, -0.1) is 11.8 Å². The van der Waals surface area contributed by atoms with E-state index in [9.17, 15) is 9.59 Å². The number of cyclic esters (lactones) is 2. The number of anilines is 1. The topological polar surface area (TPSA) is 83.1 Å². The summed E-state index contributed by atoms with van der Waals surface area (Å²) in [6, 6.07) is 5.22. The van der Waals surface area contributed by atoms with Crippen molar-refractivity contribution >= 4 is 29.4 Å². The number of carbonyl (C=O) groups is 2. The molecule has 1 aliphatic heterocycles. The van der Waals surface area contributed by atoms with Gasteiger partial charge in [0.25, 0.3) is 5.79 Å². The molecule has 0 aromatic heterocycles. The third kappa shape index (κ3) is 3.59. The van der Waals surface area contributed by atoms with Gasteiger partial charge in [-0.3, -0.25) is 0 Å². The molecular weight excluding hydrogens is 334 g/mol. The predicted octanol–water partition coefficient (Wildman–Crippen LogP) is 2.53. The molecule has 0 saturated carbocycles. The fraction of sp³-hybridized carbons (Fsp3) is 0.375. The van der Waals surface area contributed by atoms with Crippen LogP contribution in [0.3, 0.4) is 0 Å². The monoisotopic (exact) mass is 353 g/mol. The Morgan fingerprint density at radius 2 is 1.58 bits per heavy atom. The van der Waals surface area contributed by atoms with Crippen LogP contribution in [0.4, 0.5) is 5.69 Å². The second-order valence-electron chi connectivity index (χ2n) is 5.25. The lowest BCUT2D eigenvalue weighted by Crippen LogP contribution is -2.42. The van der Waals surface area contributed by atoms with Crippen molar-refractivity contribution in [2.75, 3.05) is 25.8 Å². The molecule has 1 aliphatic rings. The van der Waals surface area contributed by atoms with Crippen molar-refractivity contribution in [2.45, 2.75) is 19.6 Å². The summed E-state index contributed by atoms with van der Waals surface area (Å²) in [6.07, 6.45) is 1.72. The van der Waals surface area contributed by atoms with Crippen molar-refractivity contribution in [3.8, 4) is 11.5 Å². The lowest BCUT2D eigenvalue weighted by molar-refractivity contribution is -0.222. The highest BCUT2D eigenvalue weighted by atomic mass is 32.2. The largest absolute Gasteiger partial charge is 0.494 e. The molecule has 130 valence electrons. The molecule has 0 radical (unpaired) electrons. The predicted molar refractivity (Wildman–Crippen MR) is 90.0 cm³/mol. The molecule has 7 nitrogen and oxygen atoms in total. The van der Waals surface area contributed by atoms with E-state index < -0.39 is 17.7 Å². The number of hydrogen-bond donors (Lipinski definition) is 1. The zero-order valence-electron chi connectivity index (χ0n) is 14.1. The summed E-state index contributed by atoms with van der Waals surface area (Å²) >= 11 is 1.17. The van der Waals surface area contributed by atoms with E-state index in [1.807, 2.05) is 0 Å². The fourth-order valence-electron chi connectivity index (χ4n) is 2.14. The number of esters is 2. The molecule has 1 fully saturated rings. The highest BCUT2D eigenvalue weighted by Crippen LogP contribution is 2.38. The van der Waals surface area contributed by atoms with E-state index in [1.54, 1.807) is 24.5 Å². The summed E-state index contributed by atoms with van der Waals surface area (Å²) in [5.74, 6) is -1.79. The van der Waals surface area contributed by atoms with E-state index >= 15 is 0 Å². The molecule has 0 unspecified atom stereocenters. The number of ether oxygens (including phenoxy) is 4. The maximum atomic E-state index is 12.2. The van der Waals surface area contributed by atoms with Crippen LogP contribution < -0.4 is 14.8 Å². The number of benzene rings is 1. The molecular formula is C16H19NO6S. The first-order valence-electron chi connectivity index (χ1n) is 7.06. The highest BCUT2D eigenvalue weighted by molar-refractivity contribution is 8.02. The molecule has 0 bridgehead atoms. The zero-order valence-corrected chi connectivity index (χ0v) is 14.9. The van der Waals surface area contributed by atoms with Crippen LogP contribution in [0.25, 0.3) is 0 Å². The van der Waals surface area contributed by atoms with Crippen molar-refractivity contribution in [3.63, 3.8) is 0 Å². The number of rotatable bonds is 5. The lowest BCUT2D eigenvalue weighted by Gasteiger charge is -2.30. The SMILES string of the molecule is COc1cccc(OC)c1NC(SC)=C1C(=O)OC(C)(C)OC1=O. The molecule has 1 heterocycles. The zero-order chi connectivity index (χ0) is 17.9. The summed E-state index contributed by atoms with van der Waals surface area (Å²) in [7, 11) is 3.02. The number of para-hydroxylation sites is 1. The minimum absolute atomic E-state index is 0.199. The van der Waals surface area contributed by atoms with Gasteiger partial charge in [0.05, 0.1) is 19.2 Å². The van der Waals surface area contributed by atoms with E-state index in [0.717, 1.165) is 0 Å². The van der Waals surface area contributed by atoms with E-state index in [2.05, 4.69) is 5.32 Å². The van der Waals surface area contributed by atoms with Crippen molar-refractivity contribution < 1.29 is 28.5 Å². The summed E-state index contributed by atoms with van der Waals surface area (Å²) in [5.41, 5.74) is 0.291. The second-order valence-corrected chi connectivity index (χ2v) is 6.07. The van der Waals surface area contributed by atoms with Crippen LogP contribution in [0.1, 0.15) is 13.8 Å². The average Bonchev–Trinajstić information content (AvgIpc) is 2.51. The van der Waals surface area contributed by atoms with E-state index in [4.69, 9.17) is 18.9 Å². The van der Waals surface area contributed by atoms with Gasteiger partial charge in [0, 0.05) is 13.8 Å². The van der Waals surface area contributed by atoms with Gasteiger partial charge in [-0.25, -0.2) is 9.59 Å². The number of hydrogen-bond acceptors (Lipinski definition) is 8. The Morgan fingerprint density at radius 1 is 1.08 bits per heavy atom. The van der Waals surface area contributed by atoms with E-state index in [0.29, 0.717) is 17.2 Å². The first-order valence-corrected chi connectivity index (χ1v) is 8.28. The summed E-state index contributed by atoms with van der Waals surface area (Å²) in [5, 5.41) is 3.30. The second kappa shape index (κ2) is 7.04. The first kappa shape index (κ1) is 18.0. The number of thioether (sulfide) groups is 1. The van der Waals surface area contributed by atoms with Crippen LogP contribution in [0, 0.1) is 0 Å². The Bertz CT molecular complexity index is 654.